The molecule has 0 radical (unpaired) electrons. The van der Waals surface area contributed by atoms with E-state index in [0.29, 0.717) is 16.8 Å². The van der Waals surface area contributed by atoms with E-state index in [-0.39, 0.29) is 41.6 Å². The summed E-state index contributed by atoms with van der Waals surface area (Å²) >= 11 is 0. The number of aromatic amines is 1. The highest BCUT2D eigenvalue weighted by atomic mass is 19.1. The number of hydrogen-bond donors (Lipinski definition) is 1. The Kier molecular flexibility index (Phi) is 6.82. The lowest BCUT2D eigenvalue weighted by molar-refractivity contribution is -0.146. The van der Waals surface area contributed by atoms with Crippen molar-refractivity contribution in [2.75, 3.05) is 7.11 Å². The first-order valence-electron chi connectivity index (χ1n) is 9.81. The molecule has 0 saturated heterocycles. The van der Waals surface area contributed by atoms with Crippen LogP contribution in [0.25, 0.3) is 11.4 Å². The number of benzene rings is 1. The zero-order valence-electron chi connectivity index (χ0n) is 18.0. The number of nitrogens with zero attached hydrogens (tertiary/aromatic N) is 2. The summed E-state index contributed by atoms with van der Waals surface area (Å²) in [7, 11) is 1.26. The van der Waals surface area contributed by atoms with Gasteiger partial charge in [-0.1, -0.05) is 5.16 Å². The van der Waals surface area contributed by atoms with Gasteiger partial charge in [0.05, 0.1) is 24.8 Å². The van der Waals surface area contributed by atoms with Crippen LogP contribution in [0.3, 0.4) is 0 Å². The van der Waals surface area contributed by atoms with Crippen LogP contribution in [0, 0.1) is 19.7 Å². The summed E-state index contributed by atoms with van der Waals surface area (Å²) in [6, 6.07) is 5.59. The molecule has 0 unspecified atom stereocenters. The molecule has 3 rings (SSSR count). The molecule has 3 aromatic rings. The zero-order chi connectivity index (χ0) is 23.4. The third-order valence-corrected chi connectivity index (χ3v) is 4.86. The van der Waals surface area contributed by atoms with E-state index in [0.717, 1.165) is 0 Å². The van der Waals surface area contributed by atoms with Crippen molar-refractivity contribution in [3.05, 3.63) is 58.5 Å². The average Bonchev–Trinajstić information content (AvgIpc) is 3.36. The number of ether oxygens (including phenoxy) is 2. The minimum atomic E-state index is -1.07. The van der Waals surface area contributed by atoms with Gasteiger partial charge in [-0.15, -0.1) is 0 Å². The summed E-state index contributed by atoms with van der Waals surface area (Å²) in [4.78, 5) is 43.8. The second kappa shape index (κ2) is 9.54. The van der Waals surface area contributed by atoms with Crippen molar-refractivity contribution in [3.8, 4) is 11.4 Å². The minimum Gasteiger partial charge on any atom is -0.465 e. The number of methoxy groups -OCH3 is 1. The van der Waals surface area contributed by atoms with Crippen molar-refractivity contribution in [2.24, 2.45) is 0 Å². The van der Waals surface area contributed by atoms with Crippen molar-refractivity contribution in [2.45, 2.75) is 39.7 Å². The molecular formula is C22H22FN3O6. The third-order valence-electron chi connectivity index (χ3n) is 4.86. The quantitative estimate of drug-likeness (QED) is 0.415. The lowest BCUT2D eigenvalue weighted by Gasteiger charge is -2.11. The normalized spacial score (nSPS) is 11.8. The van der Waals surface area contributed by atoms with Gasteiger partial charge in [-0.25, -0.2) is 9.18 Å². The van der Waals surface area contributed by atoms with Crippen LogP contribution >= 0.6 is 0 Å². The molecule has 0 spiro atoms. The Morgan fingerprint density at radius 1 is 1.19 bits per heavy atom. The molecule has 0 amide bonds. The van der Waals surface area contributed by atoms with Crippen LogP contribution in [0.15, 0.2) is 28.8 Å². The lowest BCUT2D eigenvalue weighted by atomic mass is 10.1. The van der Waals surface area contributed by atoms with Gasteiger partial charge in [0.1, 0.15) is 5.82 Å². The third kappa shape index (κ3) is 4.90. The van der Waals surface area contributed by atoms with Gasteiger partial charge in [0, 0.05) is 17.7 Å². The SMILES string of the molecule is COC(=O)c1c(C)[nH]c(C(=O)[C@H](C)OC(=O)CCc2nc(-c3ccc(F)cc3)no2)c1C. The van der Waals surface area contributed by atoms with E-state index in [4.69, 9.17) is 14.0 Å². The van der Waals surface area contributed by atoms with Crippen molar-refractivity contribution in [1.29, 1.82) is 0 Å². The summed E-state index contributed by atoms with van der Waals surface area (Å²) < 4.78 is 28.1. The van der Waals surface area contributed by atoms with Crippen LogP contribution in [-0.2, 0) is 20.7 Å². The molecule has 0 aliphatic carbocycles. The maximum Gasteiger partial charge on any atom is 0.339 e. The Bertz CT molecular complexity index is 1150. The van der Waals surface area contributed by atoms with E-state index in [1.54, 1.807) is 13.8 Å². The molecule has 9 nitrogen and oxygen atoms in total. The summed E-state index contributed by atoms with van der Waals surface area (Å²) in [5, 5.41) is 3.81. The van der Waals surface area contributed by atoms with Gasteiger partial charge in [-0.05, 0) is 50.6 Å². The summed E-state index contributed by atoms with van der Waals surface area (Å²) in [6.45, 7) is 4.72. The number of carbonyl (C=O) groups is 3. The highest BCUT2D eigenvalue weighted by Crippen LogP contribution is 2.21. The van der Waals surface area contributed by atoms with Crippen LogP contribution in [0.5, 0.6) is 0 Å². The number of aryl methyl sites for hydroxylation is 2. The summed E-state index contributed by atoms with van der Waals surface area (Å²) in [5.41, 5.74) is 1.96. The molecule has 2 aromatic heterocycles. The number of halogens is 1. The molecule has 0 aliphatic rings. The number of H-pyrrole nitrogens is 1. The highest BCUT2D eigenvalue weighted by molar-refractivity contribution is 6.03. The number of Topliss-reactive ketones (excluding diaryl/α,β-unsaturated/α-hetero) is 1. The van der Waals surface area contributed by atoms with Gasteiger partial charge >= 0.3 is 11.9 Å². The van der Waals surface area contributed by atoms with Crippen LogP contribution in [0.2, 0.25) is 0 Å². The molecule has 2 heterocycles. The number of nitrogens with one attached hydrogen (secondary N) is 1. The van der Waals surface area contributed by atoms with E-state index in [9.17, 15) is 18.8 Å². The molecule has 0 fully saturated rings. The Balaban J connectivity index is 1.58. The predicted octanol–water partition coefficient (Wildman–Crippen LogP) is 3.35. The molecule has 1 aromatic carbocycles. The van der Waals surface area contributed by atoms with Crippen molar-refractivity contribution in [3.63, 3.8) is 0 Å². The fraction of sp³-hybridized carbons (Fsp3) is 0.318. The van der Waals surface area contributed by atoms with Crippen LogP contribution < -0.4 is 0 Å². The van der Waals surface area contributed by atoms with E-state index in [1.165, 1.54) is 38.3 Å². The van der Waals surface area contributed by atoms with Gasteiger partial charge in [0.2, 0.25) is 17.5 Å². The van der Waals surface area contributed by atoms with Gasteiger partial charge in [0.15, 0.2) is 6.10 Å². The van der Waals surface area contributed by atoms with Crippen LogP contribution in [0.4, 0.5) is 4.39 Å². The second-order valence-electron chi connectivity index (χ2n) is 7.13. The van der Waals surface area contributed by atoms with Gasteiger partial charge in [0.25, 0.3) is 0 Å². The fourth-order valence-electron chi connectivity index (χ4n) is 3.20. The summed E-state index contributed by atoms with van der Waals surface area (Å²) in [5.74, 6) is -1.55. The van der Waals surface area contributed by atoms with E-state index < -0.39 is 23.8 Å². The minimum absolute atomic E-state index is 0.0845. The number of aromatic nitrogens is 3. The first kappa shape index (κ1) is 22.9. The topological polar surface area (TPSA) is 124 Å². The lowest BCUT2D eigenvalue weighted by Crippen LogP contribution is -2.25. The van der Waals surface area contributed by atoms with Crippen molar-refractivity contribution in [1.82, 2.24) is 15.1 Å². The Hall–Kier alpha value is -3.82. The first-order chi connectivity index (χ1) is 15.2. The molecule has 10 heteroatoms. The highest BCUT2D eigenvalue weighted by Gasteiger charge is 2.27. The number of esters is 2. The van der Waals surface area contributed by atoms with E-state index >= 15 is 0 Å². The molecule has 168 valence electrons. The van der Waals surface area contributed by atoms with Gasteiger partial charge in [-0.3, -0.25) is 9.59 Å². The number of carbonyl (C=O) groups excluding carboxylic acids is 3. The maximum absolute atomic E-state index is 13.0. The van der Waals surface area contributed by atoms with Gasteiger partial charge in [-0.2, -0.15) is 4.98 Å². The number of hydrogen-bond acceptors (Lipinski definition) is 8. The Morgan fingerprint density at radius 2 is 1.88 bits per heavy atom. The second-order valence-corrected chi connectivity index (χ2v) is 7.13. The first-order valence-corrected chi connectivity index (χ1v) is 9.81. The van der Waals surface area contributed by atoms with Crippen molar-refractivity contribution >= 4 is 17.7 Å². The Morgan fingerprint density at radius 3 is 2.53 bits per heavy atom. The molecule has 0 aliphatic heterocycles. The van der Waals surface area contributed by atoms with Crippen LogP contribution in [-0.4, -0.2) is 46.1 Å². The van der Waals surface area contributed by atoms with E-state index in [1.807, 2.05) is 0 Å². The largest absolute Gasteiger partial charge is 0.465 e. The molecule has 1 N–H and O–H groups in total. The molecule has 32 heavy (non-hydrogen) atoms. The standard InChI is InChI=1S/C22H22FN3O6/c1-11-18(22(29)30-4)12(2)24-19(11)20(28)13(3)31-17(27)10-9-16-25-21(26-32-16)14-5-7-15(23)8-6-14/h5-8,13,24H,9-10H2,1-4H3/t13-/m0/s1. The zero-order valence-corrected chi connectivity index (χ0v) is 18.0. The average molecular weight is 443 g/mol. The van der Waals surface area contributed by atoms with E-state index in [2.05, 4.69) is 15.1 Å². The van der Waals surface area contributed by atoms with Gasteiger partial charge < -0.3 is 19.0 Å². The number of ketones is 1. The van der Waals surface area contributed by atoms with Crippen molar-refractivity contribution < 1.29 is 32.8 Å². The summed E-state index contributed by atoms with van der Waals surface area (Å²) in [6.07, 6.45) is -1.04. The molecule has 0 bridgehead atoms. The molecular weight excluding hydrogens is 421 g/mol. The predicted molar refractivity (Wildman–Crippen MR) is 110 cm³/mol. The fourth-order valence-corrected chi connectivity index (χ4v) is 3.20. The monoisotopic (exact) mass is 443 g/mol. The smallest absolute Gasteiger partial charge is 0.339 e. The maximum atomic E-state index is 13.0. The number of rotatable bonds is 8. The molecule has 0 saturated carbocycles. The molecule has 1 atom stereocenters. The van der Waals surface area contributed by atoms with Crippen LogP contribution in [0.1, 0.15) is 51.3 Å². The Labute approximate surface area is 182 Å².